The van der Waals surface area contributed by atoms with Crippen molar-refractivity contribution < 1.29 is 14.3 Å². The first kappa shape index (κ1) is 20.8. The Morgan fingerprint density at radius 3 is 2.61 bits per heavy atom. The molecule has 0 radical (unpaired) electrons. The molecule has 2 heterocycles. The molecule has 2 aliphatic heterocycles. The molecule has 156 valence electrons. The summed E-state index contributed by atoms with van der Waals surface area (Å²) in [6.45, 7) is 8.25. The van der Waals surface area contributed by atoms with E-state index in [0.29, 0.717) is 12.6 Å². The highest BCUT2D eigenvalue weighted by atomic mass is 16.5. The van der Waals surface area contributed by atoms with E-state index in [-0.39, 0.29) is 12.1 Å². The van der Waals surface area contributed by atoms with Crippen molar-refractivity contribution in [2.45, 2.75) is 51.6 Å². The maximum atomic E-state index is 12.9. The Morgan fingerprint density at radius 2 is 1.93 bits per heavy atom. The van der Waals surface area contributed by atoms with Crippen LogP contribution < -0.4 is 14.8 Å². The van der Waals surface area contributed by atoms with Gasteiger partial charge in [-0.3, -0.25) is 4.90 Å². The van der Waals surface area contributed by atoms with Gasteiger partial charge in [-0.15, -0.1) is 0 Å². The number of ether oxygens (including phenoxy) is 2. The van der Waals surface area contributed by atoms with Crippen LogP contribution in [0.25, 0.3) is 0 Å². The summed E-state index contributed by atoms with van der Waals surface area (Å²) in [5.41, 5.74) is 1.02. The van der Waals surface area contributed by atoms with E-state index >= 15 is 0 Å². The smallest absolute Gasteiger partial charge is 0.317 e. The summed E-state index contributed by atoms with van der Waals surface area (Å²) < 4.78 is 10.9. The minimum Gasteiger partial charge on any atom is -0.497 e. The molecule has 0 aliphatic carbocycles. The van der Waals surface area contributed by atoms with E-state index in [1.807, 2.05) is 23.1 Å². The Kier molecular flexibility index (Phi) is 7.05. The number of carbonyl (C=O) groups excluding carboxylic acids is 1. The van der Waals surface area contributed by atoms with E-state index in [4.69, 9.17) is 9.47 Å². The van der Waals surface area contributed by atoms with Crippen LogP contribution in [0.5, 0.6) is 11.5 Å². The van der Waals surface area contributed by atoms with Crippen LogP contribution >= 0.6 is 0 Å². The zero-order valence-corrected chi connectivity index (χ0v) is 17.7. The lowest BCUT2D eigenvalue weighted by molar-refractivity contribution is 0.141. The minimum absolute atomic E-state index is 0.0181. The fraction of sp³-hybridized carbons (Fsp3) is 0.682. The molecule has 2 saturated heterocycles. The summed E-state index contributed by atoms with van der Waals surface area (Å²) in [5, 5.41) is 3.17. The summed E-state index contributed by atoms with van der Waals surface area (Å²) in [6.07, 6.45) is 4.44. The summed E-state index contributed by atoms with van der Waals surface area (Å²) in [6, 6.07) is 6.21. The van der Waals surface area contributed by atoms with E-state index in [9.17, 15) is 4.79 Å². The molecule has 0 spiro atoms. The third-order valence-electron chi connectivity index (χ3n) is 6.30. The number of carbonyl (C=O) groups is 1. The average Bonchev–Trinajstić information content (AvgIpc) is 3.21. The third-order valence-corrected chi connectivity index (χ3v) is 6.30. The van der Waals surface area contributed by atoms with Gasteiger partial charge in [-0.25, -0.2) is 4.79 Å². The highest BCUT2D eigenvalue weighted by Gasteiger charge is 2.32. The van der Waals surface area contributed by atoms with Crippen molar-refractivity contribution in [3.8, 4) is 11.5 Å². The molecule has 3 rings (SSSR count). The number of piperidine rings is 1. The van der Waals surface area contributed by atoms with Gasteiger partial charge >= 0.3 is 6.03 Å². The molecule has 6 heteroatoms. The van der Waals surface area contributed by atoms with Crippen molar-refractivity contribution in [3.63, 3.8) is 0 Å². The normalized spacial score (nSPS) is 22.1. The van der Waals surface area contributed by atoms with Crippen LogP contribution in [0.4, 0.5) is 4.79 Å². The van der Waals surface area contributed by atoms with Crippen molar-refractivity contribution in [1.82, 2.24) is 15.1 Å². The number of rotatable bonds is 6. The fourth-order valence-electron chi connectivity index (χ4n) is 4.37. The highest BCUT2D eigenvalue weighted by Crippen LogP contribution is 2.38. The Labute approximate surface area is 169 Å². The fourth-order valence-corrected chi connectivity index (χ4v) is 4.37. The standard InChI is InChI=1S/C22H35N3O3/c1-16-9-12-24(13-10-16)17(2)15-23-22(26)25-11-5-6-20(25)19-14-18(27-3)7-8-21(19)28-4/h7-8,14,16-17,20H,5-6,9-13,15H2,1-4H3,(H,23,26). The molecule has 1 N–H and O–H groups in total. The largest absolute Gasteiger partial charge is 0.497 e. The molecule has 2 atom stereocenters. The quantitative estimate of drug-likeness (QED) is 0.807. The van der Waals surface area contributed by atoms with Crippen molar-refractivity contribution in [1.29, 1.82) is 0 Å². The monoisotopic (exact) mass is 389 g/mol. The lowest BCUT2D eigenvalue weighted by Crippen LogP contribution is -2.48. The topological polar surface area (TPSA) is 54.0 Å². The Hall–Kier alpha value is -1.95. The Balaban J connectivity index is 1.62. The molecule has 2 fully saturated rings. The molecule has 2 amide bonds. The van der Waals surface area contributed by atoms with Crippen molar-refractivity contribution in [3.05, 3.63) is 23.8 Å². The predicted molar refractivity (Wildman–Crippen MR) is 111 cm³/mol. The van der Waals surface area contributed by atoms with Gasteiger partial charge in [-0.1, -0.05) is 6.92 Å². The number of nitrogens with zero attached hydrogens (tertiary/aromatic N) is 2. The number of methoxy groups -OCH3 is 2. The van der Waals surface area contributed by atoms with Crippen LogP contribution in [-0.2, 0) is 0 Å². The number of urea groups is 1. The van der Waals surface area contributed by atoms with Gasteiger partial charge in [-0.05, 0) is 69.8 Å². The summed E-state index contributed by atoms with van der Waals surface area (Å²) in [5.74, 6) is 2.42. The second-order valence-corrected chi connectivity index (χ2v) is 8.21. The van der Waals surface area contributed by atoms with Gasteiger partial charge in [0.05, 0.1) is 20.3 Å². The summed E-state index contributed by atoms with van der Waals surface area (Å²) >= 11 is 0. The first-order valence-electron chi connectivity index (χ1n) is 10.5. The van der Waals surface area contributed by atoms with Crippen LogP contribution in [0, 0.1) is 5.92 Å². The van der Waals surface area contributed by atoms with Gasteiger partial charge in [0.1, 0.15) is 11.5 Å². The van der Waals surface area contributed by atoms with Crippen molar-refractivity contribution >= 4 is 6.03 Å². The second-order valence-electron chi connectivity index (χ2n) is 8.21. The van der Waals surface area contributed by atoms with Crippen LogP contribution in [0.1, 0.15) is 51.1 Å². The Bertz CT molecular complexity index is 658. The van der Waals surface area contributed by atoms with E-state index in [1.54, 1.807) is 14.2 Å². The number of hydrogen-bond acceptors (Lipinski definition) is 4. The van der Waals surface area contributed by atoms with Crippen LogP contribution in [0.2, 0.25) is 0 Å². The molecular formula is C22H35N3O3. The maximum Gasteiger partial charge on any atom is 0.317 e. The molecule has 28 heavy (non-hydrogen) atoms. The minimum atomic E-state index is 0.0181. The lowest BCUT2D eigenvalue weighted by Gasteiger charge is -2.35. The molecule has 0 aromatic heterocycles. The van der Waals surface area contributed by atoms with Gasteiger partial charge in [0.25, 0.3) is 0 Å². The molecule has 0 saturated carbocycles. The second kappa shape index (κ2) is 9.50. The zero-order chi connectivity index (χ0) is 20.1. The van der Waals surface area contributed by atoms with Gasteiger partial charge in [0.2, 0.25) is 0 Å². The molecule has 0 bridgehead atoms. The van der Waals surface area contributed by atoms with Crippen LogP contribution in [0.15, 0.2) is 18.2 Å². The molecule has 2 unspecified atom stereocenters. The number of likely N-dealkylation sites (tertiary alicyclic amines) is 2. The third kappa shape index (κ3) is 4.72. The maximum absolute atomic E-state index is 12.9. The van der Waals surface area contributed by atoms with Crippen molar-refractivity contribution in [2.75, 3.05) is 40.4 Å². The van der Waals surface area contributed by atoms with Gasteiger partial charge in [0, 0.05) is 24.7 Å². The molecule has 2 aliphatic rings. The zero-order valence-electron chi connectivity index (χ0n) is 17.7. The average molecular weight is 390 g/mol. The van der Waals surface area contributed by atoms with E-state index in [1.165, 1.54) is 12.8 Å². The number of benzene rings is 1. The first-order chi connectivity index (χ1) is 13.5. The number of nitrogens with one attached hydrogen (secondary N) is 1. The summed E-state index contributed by atoms with van der Waals surface area (Å²) in [7, 11) is 3.33. The first-order valence-corrected chi connectivity index (χ1v) is 10.5. The molecular weight excluding hydrogens is 354 g/mol. The number of amides is 2. The molecule has 1 aromatic rings. The van der Waals surface area contributed by atoms with Gasteiger partial charge < -0.3 is 19.7 Å². The lowest BCUT2D eigenvalue weighted by atomic mass is 9.98. The predicted octanol–water partition coefficient (Wildman–Crippen LogP) is 3.67. The van der Waals surface area contributed by atoms with Gasteiger partial charge in [-0.2, -0.15) is 0 Å². The van der Waals surface area contributed by atoms with Gasteiger partial charge in [0.15, 0.2) is 0 Å². The highest BCUT2D eigenvalue weighted by molar-refractivity contribution is 5.75. The van der Waals surface area contributed by atoms with Crippen LogP contribution in [-0.4, -0.2) is 62.3 Å². The van der Waals surface area contributed by atoms with Crippen LogP contribution in [0.3, 0.4) is 0 Å². The number of hydrogen-bond donors (Lipinski definition) is 1. The van der Waals surface area contributed by atoms with E-state index in [2.05, 4.69) is 24.1 Å². The van der Waals surface area contributed by atoms with Crippen molar-refractivity contribution in [2.24, 2.45) is 5.92 Å². The molecule has 6 nitrogen and oxygen atoms in total. The van der Waals surface area contributed by atoms with E-state index < -0.39 is 0 Å². The van der Waals surface area contributed by atoms with E-state index in [0.717, 1.165) is 55.5 Å². The Morgan fingerprint density at radius 1 is 1.18 bits per heavy atom. The summed E-state index contributed by atoms with van der Waals surface area (Å²) in [4.78, 5) is 17.4. The molecule has 1 aromatic carbocycles. The SMILES string of the molecule is COc1ccc(OC)c(C2CCCN2C(=O)NCC(C)N2CCC(C)CC2)c1.